The van der Waals surface area contributed by atoms with E-state index in [1.807, 2.05) is 6.07 Å². The number of ether oxygens (including phenoxy) is 2. The third kappa shape index (κ3) is 4.30. The zero-order chi connectivity index (χ0) is 12.9. The van der Waals surface area contributed by atoms with Gasteiger partial charge < -0.3 is 9.47 Å². The first kappa shape index (κ1) is 13.3. The lowest BCUT2D eigenvalue weighted by atomic mass is 10.2. The second-order valence-corrected chi connectivity index (χ2v) is 4.93. The molecule has 0 atom stereocenters. The van der Waals surface area contributed by atoms with Gasteiger partial charge in [0, 0.05) is 6.07 Å². The van der Waals surface area contributed by atoms with Crippen molar-refractivity contribution < 1.29 is 17.9 Å². The van der Waals surface area contributed by atoms with Crippen molar-refractivity contribution in [2.75, 3.05) is 19.5 Å². The van der Waals surface area contributed by atoms with E-state index in [1.165, 1.54) is 13.2 Å². The van der Waals surface area contributed by atoms with Crippen LogP contribution in [0.5, 0.6) is 11.5 Å². The molecule has 0 aliphatic carbocycles. The molecular weight excluding hydrogens is 244 g/mol. The molecule has 1 aromatic carbocycles. The normalized spacial score (nSPS) is 10.6. The number of nitrogens with two attached hydrogens (primary N) is 1. The molecule has 6 nitrogen and oxygen atoms in total. The fourth-order valence-corrected chi connectivity index (χ4v) is 1.44. The van der Waals surface area contributed by atoms with E-state index in [2.05, 4.69) is 0 Å². The summed E-state index contributed by atoms with van der Waals surface area (Å²) in [6.45, 7) is -0.0684. The largest absolute Gasteiger partial charge is 0.493 e. The molecular formula is C10H12N2O4S. The Morgan fingerprint density at radius 2 is 2.12 bits per heavy atom. The fourth-order valence-electron chi connectivity index (χ4n) is 1.12. The standard InChI is InChI=1S/C10H12N2O4S/c1-15-10-6-8(7-11)2-3-9(10)16-4-5-17(12,13)14/h2-3,6H,4-5H2,1H3,(H2,12,13,14). The van der Waals surface area contributed by atoms with Crippen LogP contribution in [0.1, 0.15) is 5.56 Å². The van der Waals surface area contributed by atoms with Crippen LogP contribution in [0.25, 0.3) is 0 Å². The molecule has 0 saturated heterocycles. The lowest BCUT2D eigenvalue weighted by Crippen LogP contribution is -2.21. The van der Waals surface area contributed by atoms with Gasteiger partial charge >= 0.3 is 0 Å². The minimum Gasteiger partial charge on any atom is -0.493 e. The number of hydrogen-bond acceptors (Lipinski definition) is 5. The zero-order valence-corrected chi connectivity index (χ0v) is 10.0. The maximum Gasteiger partial charge on any atom is 0.212 e. The second kappa shape index (κ2) is 5.52. The number of hydrogen-bond donors (Lipinski definition) is 1. The first-order valence-electron chi connectivity index (χ1n) is 4.67. The van der Waals surface area contributed by atoms with E-state index in [0.717, 1.165) is 0 Å². The van der Waals surface area contributed by atoms with Crippen LogP contribution < -0.4 is 14.6 Å². The lowest BCUT2D eigenvalue weighted by Gasteiger charge is -2.10. The number of methoxy groups -OCH3 is 1. The van der Waals surface area contributed by atoms with Gasteiger partial charge in [-0.05, 0) is 12.1 Å². The summed E-state index contributed by atoms with van der Waals surface area (Å²) in [5.41, 5.74) is 0.431. The first-order chi connectivity index (χ1) is 7.96. The first-order valence-corrected chi connectivity index (χ1v) is 6.39. The van der Waals surface area contributed by atoms with Crippen molar-refractivity contribution in [1.29, 1.82) is 5.26 Å². The van der Waals surface area contributed by atoms with Crippen LogP contribution in [0.3, 0.4) is 0 Å². The van der Waals surface area contributed by atoms with E-state index >= 15 is 0 Å². The molecule has 17 heavy (non-hydrogen) atoms. The number of nitriles is 1. The number of nitrogens with zero attached hydrogens (tertiary/aromatic N) is 1. The summed E-state index contributed by atoms with van der Waals surface area (Å²) >= 11 is 0. The van der Waals surface area contributed by atoms with Gasteiger partial charge in [0.1, 0.15) is 6.61 Å². The molecule has 0 amide bonds. The molecule has 0 spiro atoms. The molecule has 0 bridgehead atoms. The van der Waals surface area contributed by atoms with Gasteiger partial charge in [0.05, 0.1) is 24.5 Å². The van der Waals surface area contributed by atoms with E-state index in [-0.39, 0.29) is 12.4 Å². The fraction of sp³-hybridized carbons (Fsp3) is 0.300. The third-order valence-electron chi connectivity index (χ3n) is 1.92. The average Bonchev–Trinajstić information content (AvgIpc) is 2.27. The summed E-state index contributed by atoms with van der Waals surface area (Å²) in [6.07, 6.45) is 0. The monoisotopic (exact) mass is 256 g/mol. The van der Waals surface area contributed by atoms with Crippen molar-refractivity contribution in [2.24, 2.45) is 5.14 Å². The minimum absolute atomic E-state index is 0.0684. The van der Waals surface area contributed by atoms with E-state index in [9.17, 15) is 8.42 Å². The quantitative estimate of drug-likeness (QED) is 0.812. The summed E-state index contributed by atoms with van der Waals surface area (Å²) in [6, 6.07) is 6.56. The highest BCUT2D eigenvalue weighted by Gasteiger charge is 2.08. The minimum atomic E-state index is -3.54. The van der Waals surface area contributed by atoms with Crippen LogP contribution >= 0.6 is 0 Å². The van der Waals surface area contributed by atoms with E-state index in [1.54, 1.807) is 12.1 Å². The van der Waals surface area contributed by atoms with Gasteiger partial charge in [-0.15, -0.1) is 0 Å². The zero-order valence-electron chi connectivity index (χ0n) is 9.21. The topological polar surface area (TPSA) is 102 Å². The lowest BCUT2D eigenvalue weighted by molar-refractivity contribution is 0.311. The maximum atomic E-state index is 10.7. The molecule has 1 rings (SSSR count). The summed E-state index contributed by atoms with van der Waals surface area (Å²) in [4.78, 5) is 0. The average molecular weight is 256 g/mol. The number of sulfonamides is 1. The molecule has 0 saturated carbocycles. The highest BCUT2D eigenvalue weighted by molar-refractivity contribution is 7.89. The van der Waals surface area contributed by atoms with E-state index in [0.29, 0.717) is 17.1 Å². The van der Waals surface area contributed by atoms with Crippen molar-refractivity contribution in [3.8, 4) is 17.6 Å². The van der Waals surface area contributed by atoms with E-state index < -0.39 is 10.0 Å². The molecule has 0 aliphatic rings. The molecule has 1 aromatic rings. The SMILES string of the molecule is COc1cc(C#N)ccc1OCCS(N)(=O)=O. The van der Waals surface area contributed by atoms with Crippen LogP contribution in [0.15, 0.2) is 18.2 Å². The second-order valence-electron chi connectivity index (χ2n) is 3.19. The van der Waals surface area contributed by atoms with Gasteiger partial charge in [-0.2, -0.15) is 5.26 Å². The maximum absolute atomic E-state index is 10.7. The molecule has 0 aromatic heterocycles. The predicted molar refractivity (Wildman–Crippen MR) is 61.2 cm³/mol. The Balaban J connectivity index is 2.75. The van der Waals surface area contributed by atoms with E-state index in [4.69, 9.17) is 19.9 Å². The summed E-state index contributed by atoms with van der Waals surface area (Å²) < 4.78 is 31.6. The highest BCUT2D eigenvalue weighted by atomic mass is 32.2. The van der Waals surface area contributed by atoms with Crippen LogP contribution in [0.4, 0.5) is 0 Å². The van der Waals surface area contributed by atoms with Gasteiger partial charge in [0.25, 0.3) is 0 Å². The van der Waals surface area contributed by atoms with Crippen molar-refractivity contribution in [3.63, 3.8) is 0 Å². The van der Waals surface area contributed by atoms with Crippen LogP contribution in [0, 0.1) is 11.3 Å². The highest BCUT2D eigenvalue weighted by Crippen LogP contribution is 2.27. The van der Waals surface area contributed by atoms with Crippen molar-refractivity contribution in [3.05, 3.63) is 23.8 Å². The predicted octanol–water partition coefficient (Wildman–Crippen LogP) is 0.234. The van der Waals surface area contributed by atoms with Crippen LogP contribution in [0.2, 0.25) is 0 Å². The van der Waals surface area contributed by atoms with Gasteiger partial charge in [0.2, 0.25) is 10.0 Å². The Bertz CT molecular complexity index is 534. The van der Waals surface area contributed by atoms with Gasteiger partial charge in [-0.25, -0.2) is 13.6 Å². The molecule has 0 fully saturated rings. The molecule has 0 radical (unpaired) electrons. The summed E-state index contributed by atoms with van der Waals surface area (Å²) in [5, 5.41) is 13.5. The molecule has 2 N–H and O–H groups in total. The smallest absolute Gasteiger partial charge is 0.212 e. The molecule has 92 valence electrons. The van der Waals surface area contributed by atoms with Gasteiger partial charge in [-0.3, -0.25) is 0 Å². The van der Waals surface area contributed by atoms with Crippen LogP contribution in [-0.4, -0.2) is 27.9 Å². The van der Waals surface area contributed by atoms with Crippen molar-refractivity contribution in [2.45, 2.75) is 0 Å². The Labute approximate surface area is 99.6 Å². The Hall–Kier alpha value is -1.78. The van der Waals surface area contributed by atoms with Crippen molar-refractivity contribution >= 4 is 10.0 Å². The van der Waals surface area contributed by atoms with Gasteiger partial charge in [0.15, 0.2) is 11.5 Å². The summed E-state index contributed by atoms with van der Waals surface area (Å²) in [5.74, 6) is 0.463. The van der Waals surface area contributed by atoms with Crippen LogP contribution in [-0.2, 0) is 10.0 Å². The molecule has 0 aliphatic heterocycles. The summed E-state index contributed by atoms with van der Waals surface area (Å²) in [7, 11) is -2.11. The Morgan fingerprint density at radius 3 is 2.65 bits per heavy atom. The Kier molecular flexibility index (Phi) is 4.31. The Morgan fingerprint density at radius 1 is 1.41 bits per heavy atom. The number of primary sulfonamides is 1. The number of benzene rings is 1. The molecule has 7 heteroatoms. The molecule has 0 heterocycles. The van der Waals surface area contributed by atoms with Gasteiger partial charge in [-0.1, -0.05) is 0 Å². The number of rotatable bonds is 5. The third-order valence-corrected chi connectivity index (χ3v) is 2.65. The molecule has 0 unspecified atom stereocenters. The van der Waals surface area contributed by atoms with Crippen molar-refractivity contribution in [1.82, 2.24) is 0 Å².